The molecule has 1 fully saturated rings. The fourth-order valence-electron chi connectivity index (χ4n) is 5.67. The minimum atomic E-state index is -0.129. The largest absolute Gasteiger partial charge is 0.342 e. The topological polar surface area (TPSA) is 82.8 Å². The molecule has 6 rings (SSSR count). The Kier molecular flexibility index (Phi) is 5.82. The molecule has 3 aliphatic rings. The van der Waals surface area contributed by atoms with Crippen LogP contribution >= 0.6 is 0 Å². The normalized spacial score (nSPS) is 21.0. The van der Waals surface area contributed by atoms with Gasteiger partial charge in [0.2, 0.25) is 11.9 Å². The van der Waals surface area contributed by atoms with Gasteiger partial charge in [-0.25, -0.2) is 15.0 Å². The molecular formula is C28H32N8O. The second-order valence-electron chi connectivity index (χ2n) is 10.3. The predicted molar refractivity (Wildman–Crippen MR) is 145 cm³/mol. The summed E-state index contributed by atoms with van der Waals surface area (Å²) in [5, 5.41) is 1.02. The number of aromatic nitrogens is 4. The Labute approximate surface area is 217 Å². The monoisotopic (exact) mass is 496 g/mol. The summed E-state index contributed by atoms with van der Waals surface area (Å²) in [5.41, 5.74) is 2.34. The average molecular weight is 497 g/mol. The zero-order chi connectivity index (χ0) is 25.7. The van der Waals surface area contributed by atoms with E-state index >= 15 is 0 Å². The molecular weight excluding hydrogens is 464 g/mol. The summed E-state index contributed by atoms with van der Waals surface area (Å²) >= 11 is 0. The number of aliphatic imine (C=N–C) groups is 1. The second kappa shape index (κ2) is 9.18. The summed E-state index contributed by atoms with van der Waals surface area (Å²) in [7, 11) is 0. The number of hydrogen-bond acceptors (Lipinski definition) is 7. The SMILES string of the molecule is CC#CCn1c(N2CCC[C@@H](C)C2)nc2c1C(=O)N(Cc1nc(C)c3ccccc3n1)C1=N[C@@H](C)CN12. The fraction of sp³-hybridized carbons (Fsp3) is 0.464. The van der Waals surface area contributed by atoms with Crippen molar-refractivity contribution >= 4 is 34.5 Å². The summed E-state index contributed by atoms with van der Waals surface area (Å²) in [4.78, 5) is 39.8. The molecule has 3 aromatic rings. The van der Waals surface area contributed by atoms with Gasteiger partial charge in [0.05, 0.1) is 24.6 Å². The number of rotatable bonds is 4. The van der Waals surface area contributed by atoms with Crippen molar-refractivity contribution in [2.75, 3.05) is 29.4 Å². The Bertz CT molecular complexity index is 1480. The number of carbonyl (C=O) groups excluding carboxylic acids is 1. The molecule has 0 saturated carbocycles. The fourth-order valence-corrected chi connectivity index (χ4v) is 5.67. The molecule has 5 heterocycles. The molecule has 0 aliphatic carbocycles. The van der Waals surface area contributed by atoms with Crippen LogP contribution in [-0.2, 0) is 13.1 Å². The first-order valence-electron chi connectivity index (χ1n) is 13.1. The van der Waals surface area contributed by atoms with Gasteiger partial charge < -0.3 is 4.90 Å². The average Bonchev–Trinajstić information content (AvgIpc) is 3.46. The molecule has 1 saturated heterocycles. The van der Waals surface area contributed by atoms with Crippen molar-refractivity contribution in [3.8, 4) is 11.8 Å². The van der Waals surface area contributed by atoms with Gasteiger partial charge in [-0.1, -0.05) is 31.0 Å². The molecule has 0 bridgehead atoms. The van der Waals surface area contributed by atoms with Crippen LogP contribution in [0.5, 0.6) is 0 Å². The lowest BCUT2D eigenvalue weighted by Crippen LogP contribution is -2.50. The number of fused-ring (bicyclic) bond motifs is 4. The van der Waals surface area contributed by atoms with Crippen LogP contribution in [0.1, 0.15) is 55.6 Å². The van der Waals surface area contributed by atoms with Crippen molar-refractivity contribution in [3.05, 3.63) is 41.5 Å². The smallest absolute Gasteiger partial charge is 0.281 e. The van der Waals surface area contributed by atoms with Crippen LogP contribution in [0.4, 0.5) is 11.8 Å². The Morgan fingerprint density at radius 3 is 2.76 bits per heavy atom. The molecule has 190 valence electrons. The number of anilines is 2. The molecule has 0 unspecified atom stereocenters. The zero-order valence-electron chi connectivity index (χ0n) is 21.9. The van der Waals surface area contributed by atoms with Gasteiger partial charge in [-0.15, -0.1) is 5.92 Å². The number of guanidine groups is 1. The number of piperidine rings is 1. The minimum Gasteiger partial charge on any atom is -0.342 e. The van der Waals surface area contributed by atoms with Gasteiger partial charge in [0.15, 0.2) is 11.5 Å². The Balaban J connectivity index is 1.45. The molecule has 9 heteroatoms. The van der Waals surface area contributed by atoms with Crippen molar-refractivity contribution < 1.29 is 4.79 Å². The molecule has 0 spiro atoms. The van der Waals surface area contributed by atoms with E-state index in [1.165, 1.54) is 6.42 Å². The van der Waals surface area contributed by atoms with Crippen LogP contribution in [0.15, 0.2) is 29.3 Å². The molecule has 1 amide bonds. The highest BCUT2D eigenvalue weighted by Gasteiger charge is 2.44. The highest BCUT2D eigenvalue weighted by molar-refractivity contribution is 6.18. The molecule has 2 aromatic heterocycles. The number of carbonyl (C=O) groups is 1. The third kappa shape index (κ3) is 4.01. The number of hydrogen-bond donors (Lipinski definition) is 0. The summed E-state index contributed by atoms with van der Waals surface area (Å²) in [6.07, 6.45) is 2.33. The maximum atomic E-state index is 14.2. The van der Waals surface area contributed by atoms with Crippen molar-refractivity contribution in [2.24, 2.45) is 10.9 Å². The summed E-state index contributed by atoms with van der Waals surface area (Å²) in [6.45, 7) is 11.3. The van der Waals surface area contributed by atoms with E-state index in [9.17, 15) is 4.79 Å². The third-order valence-corrected chi connectivity index (χ3v) is 7.39. The van der Waals surface area contributed by atoms with Crippen molar-refractivity contribution in [2.45, 2.75) is 59.7 Å². The van der Waals surface area contributed by atoms with Gasteiger partial charge in [0.1, 0.15) is 5.82 Å². The molecule has 0 radical (unpaired) electrons. The Morgan fingerprint density at radius 1 is 1.11 bits per heavy atom. The van der Waals surface area contributed by atoms with Crippen LogP contribution in [0.3, 0.4) is 0 Å². The lowest BCUT2D eigenvalue weighted by molar-refractivity contribution is 0.0821. The van der Waals surface area contributed by atoms with Crippen LogP contribution < -0.4 is 9.80 Å². The molecule has 37 heavy (non-hydrogen) atoms. The van der Waals surface area contributed by atoms with Crippen molar-refractivity contribution in [3.63, 3.8) is 0 Å². The van der Waals surface area contributed by atoms with E-state index in [1.807, 2.05) is 42.7 Å². The summed E-state index contributed by atoms with van der Waals surface area (Å²) < 4.78 is 2.01. The number of para-hydroxylation sites is 1. The lowest BCUT2D eigenvalue weighted by Gasteiger charge is -2.33. The van der Waals surface area contributed by atoms with Gasteiger partial charge in [-0.3, -0.25) is 19.2 Å². The minimum absolute atomic E-state index is 0.0505. The van der Waals surface area contributed by atoms with Gasteiger partial charge in [0, 0.05) is 30.7 Å². The zero-order valence-corrected chi connectivity index (χ0v) is 21.9. The first kappa shape index (κ1) is 23.5. The Morgan fingerprint density at radius 2 is 1.95 bits per heavy atom. The first-order valence-corrected chi connectivity index (χ1v) is 13.1. The van der Waals surface area contributed by atoms with Gasteiger partial charge in [-0.2, -0.15) is 4.98 Å². The van der Waals surface area contributed by atoms with Gasteiger partial charge >= 0.3 is 0 Å². The molecule has 2 atom stereocenters. The number of amides is 1. The number of nitrogens with zero attached hydrogens (tertiary/aromatic N) is 8. The maximum Gasteiger partial charge on any atom is 0.281 e. The number of imidazole rings is 1. The van der Waals surface area contributed by atoms with Crippen LogP contribution in [-0.4, -0.2) is 62.0 Å². The van der Waals surface area contributed by atoms with E-state index in [4.69, 9.17) is 19.9 Å². The van der Waals surface area contributed by atoms with Gasteiger partial charge in [0.25, 0.3) is 5.91 Å². The van der Waals surface area contributed by atoms with E-state index in [-0.39, 0.29) is 18.5 Å². The quantitative estimate of drug-likeness (QED) is 0.513. The van der Waals surface area contributed by atoms with Crippen LogP contribution in [0.2, 0.25) is 0 Å². The molecule has 3 aliphatic heterocycles. The van der Waals surface area contributed by atoms with Crippen LogP contribution in [0.25, 0.3) is 10.9 Å². The third-order valence-electron chi connectivity index (χ3n) is 7.39. The molecule has 1 aromatic carbocycles. The van der Waals surface area contributed by atoms with Gasteiger partial charge in [-0.05, 0) is 45.6 Å². The maximum absolute atomic E-state index is 14.2. The lowest BCUT2D eigenvalue weighted by atomic mass is 10.0. The molecule has 0 N–H and O–H groups in total. The van der Waals surface area contributed by atoms with E-state index in [0.29, 0.717) is 42.3 Å². The number of aryl methyl sites for hydroxylation is 1. The van der Waals surface area contributed by atoms with E-state index in [2.05, 4.69) is 35.5 Å². The van der Waals surface area contributed by atoms with Crippen LogP contribution in [0, 0.1) is 24.7 Å². The predicted octanol–water partition coefficient (Wildman–Crippen LogP) is 3.61. The number of benzene rings is 1. The van der Waals surface area contributed by atoms with E-state index < -0.39 is 0 Å². The highest BCUT2D eigenvalue weighted by Crippen LogP contribution is 2.36. The highest BCUT2D eigenvalue weighted by atomic mass is 16.2. The second-order valence-corrected chi connectivity index (χ2v) is 10.3. The first-order chi connectivity index (χ1) is 17.9. The molecule has 9 nitrogen and oxygen atoms in total. The summed E-state index contributed by atoms with van der Waals surface area (Å²) in [6, 6.07) is 8.01. The Hall–Kier alpha value is -3.93. The van der Waals surface area contributed by atoms with E-state index in [0.717, 1.165) is 42.1 Å². The standard InChI is InChI=1S/C28H32N8O/c1-5-6-14-34-24-25(32-27(34)33-13-9-10-18(2)15-33)35-16-19(3)29-28(35)36(26(24)37)17-23-30-20(4)21-11-7-8-12-22(21)31-23/h7-8,11-12,18-19H,9-10,13-17H2,1-4H3/t18-,19+/m1/s1. The van der Waals surface area contributed by atoms with Crippen molar-refractivity contribution in [1.29, 1.82) is 0 Å². The van der Waals surface area contributed by atoms with Crippen molar-refractivity contribution in [1.82, 2.24) is 24.4 Å². The van der Waals surface area contributed by atoms with E-state index in [1.54, 1.807) is 4.90 Å². The summed E-state index contributed by atoms with van der Waals surface area (Å²) in [5.74, 6) is 9.36.